The van der Waals surface area contributed by atoms with Crippen molar-refractivity contribution in [2.24, 2.45) is 11.8 Å². The number of carboxylic acids is 1. The molecule has 1 amide bonds. The predicted molar refractivity (Wildman–Crippen MR) is 94.0 cm³/mol. The van der Waals surface area contributed by atoms with Crippen molar-refractivity contribution in [3.63, 3.8) is 0 Å². The Morgan fingerprint density at radius 2 is 1.88 bits per heavy atom. The quantitative estimate of drug-likeness (QED) is 0.634. The summed E-state index contributed by atoms with van der Waals surface area (Å²) >= 11 is 0. The molecule has 0 heterocycles. The maximum Gasteiger partial charge on any atom is 0.408 e. The minimum absolute atomic E-state index is 0.0971. The number of alkyl carbamates (subject to hydrolysis) is 1. The van der Waals surface area contributed by atoms with Crippen LogP contribution in [-0.4, -0.2) is 29.0 Å². The predicted octanol–water partition coefficient (Wildman–Crippen LogP) is 3.17. The molecule has 0 radical (unpaired) electrons. The summed E-state index contributed by atoms with van der Waals surface area (Å²) < 4.78 is 5.12. The molecule has 0 aliphatic carbocycles. The van der Waals surface area contributed by atoms with Gasteiger partial charge >= 0.3 is 12.1 Å². The first-order valence-corrected chi connectivity index (χ1v) is 8.18. The normalized spacial score (nSPS) is 12.9. The molecule has 0 aliphatic rings. The van der Waals surface area contributed by atoms with E-state index in [4.69, 9.17) is 9.84 Å². The molecule has 2 N–H and O–H groups in total. The summed E-state index contributed by atoms with van der Waals surface area (Å²) in [4.78, 5) is 35.6. The SMILES string of the molecule is C=CC[C@H](CC(=O)[C@@H](NC(=O)OCc1ccccc1)C(C)C)C(=O)O. The van der Waals surface area contributed by atoms with Gasteiger partial charge < -0.3 is 15.2 Å². The van der Waals surface area contributed by atoms with Gasteiger partial charge in [0.2, 0.25) is 0 Å². The van der Waals surface area contributed by atoms with E-state index in [2.05, 4.69) is 11.9 Å². The minimum Gasteiger partial charge on any atom is -0.481 e. The Morgan fingerprint density at radius 1 is 1.24 bits per heavy atom. The van der Waals surface area contributed by atoms with Gasteiger partial charge in [0.15, 0.2) is 5.78 Å². The van der Waals surface area contributed by atoms with E-state index < -0.39 is 24.0 Å². The Balaban J connectivity index is 2.62. The summed E-state index contributed by atoms with van der Waals surface area (Å²) in [6.45, 7) is 7.17. The van der Waals surface area contributed by atoms with Crippen molar-refractivity contribution in [2.75, 3.05) is 0 Å². The number of benzene rings is 1. The number of aliphatic carboxylic acids is 1. The van der Waals surface area contributed by atoms with E-state index in [-0.39, 0.29) is 31.1 Å². The van der Waals surface area contributed by atoms with Gasteiger partial charge in [0.1, 0.15) is 6.61 Å². The number of carbonyl (C=O) groups excluding carboxylic acids is 2. The van der Waals surface area contributed by atoms with Crippen molar-refractivity contribution in [2.45, 2.75) is 39.3 Å². The van der Waals surface area contributed by atoms with Crippen LogP contribution in [-0.2, 0) is 20.9 Å². The van der Waals surface area contributed by atoms with Crippen LogP contribution in [0.2, 0.25) is 0 Å². The van der Waals surface area contributed by atoms with Crippen LogP contribution in [0.3, 0.4) is 0 Å². The van der Waals surface area contributed by atoms with Crippen LogP contribution in [0.25, 0.3) is 0 Å². The second kappa shape index (κ2) is 10.3. The van der Waals surface area contributed by atoms with Gasteiger partial charge in [-0.15, -0.1) is 6.58 Å². The molecule has 6 nitrogen and oxygen atoms in total. The molecule has 0 bridgehead atoms. The van der Waals surface area contributed by atoms with E-state index in [9.17, 15) is 14.4 Å². The fraction of sp³-hybridized carbons (Fsp3) is 0.421. The minimum atomic E-state index is -1.05. The third-order valence-electron chi connectivity index (χ3n) is 3.75. The number of Topliss-reactive ketones (excluding diaryl/α,β-unsaturated/α-hetero) is 1. The summed E-state index contributed by atoms with van der Waals surface area (Å²) in [6.07, 6.45) is 0.803. The lowest BCUT2D eigenvalue weighted by Crippen LogP contribution is -2.45. The largest absolute Gasteiger partial charge is 0.481 e. The van der Waals surface area contributed by atoms with Crippen molar-refractivity contribution >= 4 is 17.8 Å². The molecule has 0 spiro atoms. The lowest BCUT2D eigenvalue weighted by atomic mass is 9.91. The number of allylic oxidation sites excluding steroid dienone is 1. The van der Waals surface area contributed by atoms with Crippen molar-refractivity contribution in [1.82, 2.24) is 5.32 Å². The Hall–Kier alpha value is -2.63. The van der Waals surface area contributed by atoms with E-state index in [1.165, 1.54) is 6.08 Å². The number of carboxylic acid groups (broad SMARTS) is 1. The summed E-state index contributed by atoms with van der Waals surface area (Å²) in [7, 11) is 0. The van der Waals surface area contributed by atoms with E-state index in [0.29, 0.717) is 0 Å². The third-order valence-corrected chi connectivity index (χ3v) is 3.75. The molecule has 0 unspecified atom stereocenters. The van der Waals surface area contributed by atoms with Crippen LogP contribution in [0.1, 0.15) is 32.3 Å². The number of ether oxygens (including phenoxy) is 1. The number of rotatable bonds is 10. The summed E-state index contributed by atoms with van der Waals surface area (Å²) in [5, 5.41) is 11.7. The average Bonchev–Trinajstić information content (AvgIpc) is 2.57. The van der Waals surface area contributed by atoms with Crippen molar-refractivity contribution in [3.8, 4) is 0 Å². The van der Waals surface area contributed by atoms with Gasteiger partial charge in [-0.2, -0.15) is 0 Å². The molecule has 0 aliphatic heterocycles. The standard InChI is InChI=1S/C19H25NO5/c1-4-8-15(18(22)23)11-16(21)17(13(2)3)20-19(24)25-12-14-9-6-5-7-10-14/h4-7,9-10,13,15,17H,1,8,11-12H2,2-3H3,(H,20,24)(H,22,23)/t15-,17+/m1/s1. The van der Waals surface area contributed by atoms with E-state index in [1.54, 1.807) is 13.8 Å². The van der Waals surface area contributed by atoms with Gasteiger partial charge in [0.25, 0.3) is 0 Å². The molecule has 1 aromatic rings. The van der Waals surface area contributed by atoms with E-state index in [0.717, 1.165) is 5.56 Å². The highest BCUT2D eigenvalue weighted by atomic mass is 16.5. The van der Waals surface area contributed by atoms with Gasteiger partial charge in [-0.3, -0.25) is 9.59 Å². The first-order valence-electron chi connectivity index (χ1n) is 8.18. The van der Waals surface area contributed by atoms with Gasteiger partial charge in [0, 0.05) is 6.42 Å². The van der Waals surface area contributed by atoms with Crippen LogP contribution in [0.4, 0.5) is 4.79 Å². The molecule has 1 aromatic carbocycles. The molecular weight excluding hydrogens is 322 g/mol. The highest BCUT2D eigenvalue weighted by molar-refractivity contribution is 5.90. The molecule has 0 fully saturated rings. The first-order chi connectivity index (χ1) is 11.8. The Morgan fingerprint density at radius 3 is 2.40 bits per heavy atom. The molecular formula is C19H25NO5. The third kappa shape index (κ3) is 7.20. The molecule has 2 atom stereocenters. The number of hydrogen-bond acceptors (Lipinski definition) is 4. The zero-order valence-electron chi connectivity index (χ0n) is 14.6. The summed E-state index contributed by atoms with van der Waals surface area (Å²) in [5.74, 6) is -2.41. The zero-order valence-corrected chi connectivity index (χ0v) is 14.6. The highest BCUT2D eigenvalue weighted by Gasteiger charge is 2.29. The Bertz CT molecular complexity index is 597. The van der Waals surface area contributed by atoms with Gasteiger partial charge in [-0.1, -0.05) is 50.3 Å². The first kappa shape index (κ1) is 20.4. The average molecular weight is 347 g/mol. The molecule has 0 saturated heterocycles. The van der Waals surface area contributed by atoms with Crippen LogP contribution >= 0.6 is 0 Å². The Kier molecular flexibility index (Phi) is 8.39. The maximum absolute atomic E-state index is 12.4. The van der Waals surface area contributed by atoms with E-state index >= 15 is 0 Å². The van der Waals surface area contributed by atoms with Gasteiger partial charge in [-0.05, 0) is 17.9 Å². The van der Waals surface area contributed by atoms with Crippen molar-refractivity contribution in [3.05, 3.63) is 48.6 Å². The van der Waals surface area contributed by atoms with Crippen LogP contribution in [0, 0.1) is 11.8 Å². The van der Waals surface area contributed by atoms with Crippen molar-refractivity contribution < 1.29 is 24.2 Å². The molecule has 25 heavy (non-hydrogen) atoms. The van der Waals surface area contributed by atoms with Crippen LogP contribution in [0.15, 0.2) is 43.0 Å². The van der Waals surface area contributed by atoms with Gasteiger partial charge in [-0.25, -0.2) is 4.79 Å². The molecule has 0 aromatic heterocycles. The Labute approximate surface area is 147 Å². The lowest BCUT2D eigenvalue weighted by Gasteiger charge is -2.22. The zero-order chi connectivity index (χ0) is 18.8. The topological polar surface area (TPSA) is 92.7 Å². The number of carbonyl (C=O) groups is 3. The fourth-order valence-corrected chi connectivity index (χ4v) is 2.35. The lowest BCUT2D eigenvalue weighted by molar-refractivity contribution is -0.144. The van der Waals surface area contributed by atoms with E-state index in [1.807, 2.05) is 30.3 Å². The number of ketones is 1. The van der Waals surface area contributed by atoms with Crippen molar-refractivity contribution in [1.29, 1.82) is 0 Å². The maximum atomic E-state index is 12.4. The van der Waals surface area contributed by atoms with Crippen LogP contribution < -0.4 is 5.32 Å². The van der Waals surface area contributed by atoms with Crippen LogP contribution in [0.5, 0.6) is 0 Å². The molecule has 136 valence electrons. The molecule has 1 rings (SSSR count). The van der Waals surface area contributed by atoms with Gasteiger partial charge in [0.05, 0.1) is 12.0 Å². The summed E-state index contributed by atoms with van der Waals surface area (Å²) in [6, 6.07) is 8.38. The monoisotopic (exact) mass is 347 g/mol. The molecule has 6 heteroatoms. The fourth-order valence-electron chi connectivity index (χ4n) is 2.35. The second-order valence-electron chi connectivity index (χ2n) is 6.16. The highest BCUT2D eigenvalue weighted by Crippen LogP contribution is 2.15. The summed E-state index contributed by atoms with van der Waals surface area (Å²) in [5.41, 5.74) is 0.835. The number of hydrogen-bond donors (Lipinski definition) is 2. The number of nitrogens with one attached hydrogen (secondary N) is 1. The molecule has 0 saturated carbocycles. The second-order valence-corrected chi connectivity index (χ2v) is 6.16. The smallest absolute Gasteiger partial charge is 0.408 e. The number of amides is 1.